The molecular formula is C5H5F4IN2. The van der Waals surface area contributed by atoms with E-state index >= 15 is 0 Å². The highest BCUT2D eigenvalue weighted by Crippen LogP contribution is 2.27. The van der Waals surface area contributed by atoms with E-state index in [1.165, 1.54) is 0 Å². The molecule has 0 rings (SSSR count). The second-order valence-corrected chi connectivity index (χ2v) is 2.83. The van der Waals surface area contributed by atoms with Crippen LogP contribution in [0.1, 0.15) is 0 Å². The van der Waals surface area contributed by atoms with E-state index in [1.807, 2.05) is 0 Å². The Bertz CT molecular complexity index is 220. The van der Waals surface area contributed by atoms with Crippen molar-refractivity contribution in [3.05, 3.63) is 11.5 Å². The van der Waals surface area contributed by atoms with Crippen molar-refractivity contribution in [2.24, 2.45) is 0 Å². The fourth-order valence-corrected chi connectivity index (χ4v) is 0.755. The van der Waals surface area contributed by atoms with E-state index < -0.39 is 21.4 Å². The van der Waals surface area contributed by atoms with Gasteiger partial charge >= 0.3 is 6.18 Å². The van der Waals surface area contributed by atoms with Crippen molar-refractivity contribution in [3.8, 4) is 0 Å². The third-order valence-electron chi connectivity index (χ3n) is 0.946. The first-order chi connectivity index (χ1) is 5.30. The zero-order valence-electron chi connectivity index (χ0n) is 5.89. The molecule has 0 saturated carbocycles. The van der Waals surface area contributed by atoms with Gasteiger partial charge in [-0.25, -0.2) is 4.39 Å². The average molecular weight is 296 g/mol. The van der Waals surface area contributed by atoms with Gasteiger partial charge in [-0.3, -0.25) is 5.41 Å². The third kappa shape index (κ3) is 2.95. The van der Waals surface area contributed by atoms with Gasteiger partial charge in [-0.2, -0.15) is 13.2 Å². The summed E-state index contributed by atoms with van der Waals surface area (Å²) in [5.41, 5.74) is -1.53. The second-order valence-electron chi connectivity index (χ2n) is 1.75. The lowest BCUT2D eigenvalue weighted by molar-refractivity contribution is -0.0975. The SMILES string of the molecule is CN/C(=C(/F)C(=N)I)C(F)(F)F. The number of rotatable bonds is 2. The van der Waals surface area contributed by atoms with Crippen LogP contribution in [0.15, 0.2) is 11.5 Å². The summed E-state index contributed by atoms with van der Waals surface area (Å²) in [6.45, 7) is 0. The molecule has 0 fully saturated rings. The molecular weight excluding hydrogens is 291 g/mol. The zero-order valence-corrected chi connectivity index (χ0v) is 8.05. The molecule has 7 heteroatoms. The van der Waals surface area contributed by atoms with Gasteiger partial charge in [0.15, 0.2) is 11.5 Å². The molecule has 2 nitrogen and oxygen atoms in total. The molecule has 0 heterocycles. The summed E-state index contributed by atoms with van der Waals surface area (Å²) in [6.07, 6.45) is -4.78. The molecule has 0 aliphatic rings. The summed E-state index contributed by atoms with van der Waals surface area (Å²) in [7, 11) is 0.946. The molecule has 2 N–H and O–H groups in total. The highest BCUT2D eigenvalue weighted by Gasteiger charge is 2.37. The second kappa shape index (κ2) is 4.06. The zero-order chi connectivity index (χ0) is 9.94. The summed E-state index contributed by atoms with van der Waals surface area (Å²) in [6, 6.07) is 0. The van der Waals surface area contributed by atoms with Crippen molar-refractivity contribution in [1.82, 2.24) is 5.32 Å². The highest BCUT2D eigenvalue weighted by atomic mass is 127. The topological polar surface area (TPSA) is 35.9 Å². The van der Waals surface area contributed by atoms with Crippen LogP contribution in [0.5, 0.6) is 0 Å². The Kier molecular flexibility index (Phi) is 3.94. The van der Waals surface area contributed by atoms with Gasteiger partial charge in [-0.1, -0.05) is 0 Å². The number of alkyl halides is 3. The standard InChI is InChI=1S/C5H5F4IN2/c1-12-3(5(7,8)9)2(6)4(10)11/h11-12H,1H3/b3-2+,11-4?. The molecule has 0 aromatic heterocycles. The largest absolute Gasteiger partial charge is 0.433 e. The van der Waals surface area contributed by atoms with Crippen LogP contribution < -0.4 is 5.32 Å². The fourth-order valence-electron chi connectivity index (χ4n) is 0.486. The van der Waals surface area contributed by atoms with Crippen LogP contribution in [0, 0.1) is 5.41 Å². The molecule has 0 bridgehead atoms. The van der Waals surface area contributed by atoms with Crippen LogP contribution in [0.2, 0.25) is 0 Å². The summed E-state index contributed by atoms with van der Waals surface area (Å²) in [5, 5.41) is 8.28. The minimum absolute atomic E-state index is 0.783. The molecule has 0 unspecified atom stereocenters. The Morgan fingerprint density at radius 3 is 1.92 bits per heavy atom. The molecule has 0 radical (unpaired) electrons. The minimum atomic E-state index is -4.78. The van der Waals surface area contributed by atoms with Crippen molar-refractivity contribution in [1.29, 1.82) is 5.41 Å². The maximum absolute atomic E-state index is 12.6. The van der Waals surface area contributed by atoms with Gasteiger partial charge in [-0.05, 0) is 22.6 Å². The van der Waals surface area contributed by atoms with Gasteiger partial charge in [-0.15, -0.1) is 0 Å². The molecule has 0 amide bonds. The van der Waals surface area contributed by atoms with Crippen LogP contribution in [0.4, 0.5) is 17.6 Å². The van der Waals surface area contributed by atoms with Crippen molar-refractivity contribution in [2.45, 2.75) is 6.18 Å². The van der Waals surface area contributed by atoms with E-state index in [2.05, 4.69) is 0 Å². The van der Waals surface area contributed by atoms with E-state index in [-0.39, 0.29) is 0 Å². The van der Waals surface area contributed by atoms with Gasteiger partial charge in [0, 0.05) is 7.05 Å². The highest BCUT2D eigenvalue weighted by molar-refractivity contribution is 14.1. The molecule has 12 heavy (non-hydrogen) atoms. The van der Waals surface area contributed by atoms with Gasteiger partial charge in [0.1, 0.15) is 3.72 Å². The fraction of sp³-hybridized carbons (Fsp3) is 0.400. The Morgan fingerprint density at radius 2 is 1.83 bits per heavy atom. The monoisotopic (exact) mass is 296 g/mol. The number of hydrogen-bond donors (Lipinski definition) is 2. The van der Waals surface area contributed by atoms with E-state index in [9.17, 15) is 17.6 Å². The molecule has 0 spiro atoms. The van der Waals surface area contributed by atoms with E-state index in [4.69, 9.17) is 5.41 Å². The average Bonchev–Trinajstić information content (AvgIpc) is 1.85. The minimum Gasteiger partial charge on any atom is -0.382 e. The van der Waals surface area contributed by atoms with Gasteiger partial charge in [0.25, 0.3) is 0 Å². The Hall–Kier alpha value is -0.340. The maximum Gasteiger partial charge on any atom is 0.433 e. The lowest BCUT2D eigenvalue weighted by atomic mass is 10.4. The van der Waals surface area contributed by atoms with Crippen LogP contribution in [-0.2, 0) is 0 Å². The molecule has 70 valence electrons. The first kappa shape index (κ1) is 11.7. The van der Waals surface area contributed by atoms with E-state index in [0.717, 1.165) is 29.6 Å². The molecule has 0 atom stereocenters. The molecule has 0 aromatic rings. The predicted molar refractivity (Wildman–Crippen MR) is 45.0 cm³/mol. The summed E-state index contributed by atoms with van der Waals surface area (Å²) >= 11 is 1.16. The Labute approximate surface area is 79.7 Å². The summed E-state index contributed by atoms with van der Waals surface area (Å²) in [4.78, 5) is 0. The van der Waals surface area contributed by atoms with Crippen molar-refractivity contribution in [3.63, 3.8) is 0 Å². The first-order valence-corrected chi connectivity index (χ1v) is 3.77. The van der Waals surface area contributed by atoms with Gasteiger partial charge in [0.05, 0.1) is 0 Å². The van der Waals surface area contributed by atoms with Crippen molar-refractivity contribution in [2.75, 3.05) is 7.05 Å². The van der Waals surface area contributed by atoms with Gasteiger partial charge in [0.2, 0.25) is 0 Å². The van der Waals surface area contributed by atoms with Crippen LogP contribution in [0.25, 0.3) is 0 Å². The van der Waals surface area contributed by atoms with Crippen LogP contribution in [-0.4, -0.2) is 16.9 Å². The van der Waals surface area contributed by atoms with E-state index in [1.54, 1.807) is 5.32 Å². The summed E-state index contributed by atoms with van der Waals surface area (Å²) in [5.74, 6) is -1.59. The van der Waals surface area contributed by atoms with Crippen LogP contribution in [0.3, 0.4) is 0 Å². The smallest absolute Gasteiger partial charge is 0.382 e. The Balaban J connectivity index is 5.01. The van der Waals surface area contributed by atoms with Crippen molar-refractivity contribution >= 4 is 26.3 Å². The van der Waals surface area contributed by atoms with Gasteiger partial charge < -0.3 is 5.32 Å². The maximum atomic E-state index is 12.6. The third-order valence-corrected chi connectivity index (χ3v) is 1.42. The predicted octanol–water partition coefficient (Wildman–Crippen LogP) is 2.36. The lowest BCUT2D eigenvalue weighted by Gasteiger charge is -2.11. The normalized spacial score (nSPS) is 13.8. The number of nitrogens with one attached hydrogen (secondary N) is 2. The number of halogens is 5. The number of hydrogen-bond acceptors (Lipinski definition) is 2. The Morgan fingerprint density at radius 1 is 1.42 bits per heavy atom. The first-order valence-electron chi connectivity index (χ1n) is 2.69. The molecule has 0 aromatic carbocycles. The molecule has 0 aliphatic heterocycles. The van der Waals surface area contributed by atoms with Crippen molar-refractivity contribution < 1.29 is 17.6 Å². The molecule has 0 saturated heterocycles. The number of allylic oxidation sites excluding steroid dienone is 2. The quantitative estimate of drug-likeness (QED) is 0.458. The molecule has 0 aliphatic carbocycles. The lowest BCUT2D eigenvalue weighted by Crippen LogP contribution is -2.25. The van der Waals surface area contributed by atoms with E-state index in [0.29, 0.717) is 0 Å². The van der Waals surface area contributed by atoms with Crippen LogP contribution >= 0.6 is 22.6 Å². The summed E-state index contributed by atoms with van der Waals surface area (Å²) < 4.78 is 47.4.